The van der Waals surface area contributed by atoms with Gasteiger partial charge in [0.25, 0.3) is 5.91 Å². The number of H-pyrrole nitrogens is 3. The molecule has 1 atom stereocenters. The molecule has 0 aliphatic heterocycles. The van der Waals surface area contributed by atoms with Crippen molar-refractivity contribution in [2.45, 2.75) is 25.7 Å². The summed E-state index contributed by atoms with van der Waals surface area (Å²) in [5.74, 6) is -0.649. The number of imidazole rings is 1. The van der Waals surface area contributed by atoms with Crippen molar-refractivity contribution in [3.05, 3.63) is 87.1 Å². The van der Waals surface area contributed by atoms with E-state index in [2.05, 4.69) is 26.3 Å². The molecule has 8 nitrogen and oxygen atoms in total. The van der Waals surface area contributed by atoms with Gasteiger partial charge in [0, 0.05) is 35.1 Å². The maximum atomic E-state index is 12.3. The quantitative estimate of drug-likeness (QED) is 0.254. The minimum Gasteiger partial charge on any atom is -0.493 e. The molecule has 4 aromatic rings. The van der Waals surface area contributed by atoms with Gasteiger partial charge in [-0.2, -0.15) is 0 Å². The highest BCUT2D eigenvalue weighted by molar-refractivity contribution is 5.94. The molecule has 0 spiro atoms. The van der Waals surface area contributed by atoms with E-state index in [0.717, 1.165) is 34.0 Å². The zero-order valence-corrected chi connectivity index (χ0v) is 17.9. The first-order chi connectivity index (χ1) is 15.5. The Morgan fingerprint density at radius 2 is 2.03 bits per heavy atom. The average molecular weight is 434 g/mol. The fourth-order valence-electron chi connectivity index (χ4n) is 4.14. The van der Waals surface area contributed by atoms with E-state index in [4.69, 9.17) is 5.73 Å². The molecule has 0 saturated carbocycles. The lowest BCUT2D eigenvalue weighted by molar-refractivity contribution is 0.0955. The molecule has 4 rings (SSSR count). The van der Waals surface area contributed by atoms with Crippen LogP contribution in [0.25, 0.3) is 10.9 Å². The number of aromatic hydroxyl groups is 1. The summed E-state index contributed by atoms with van der Waals surface area (Å²) in [6, 6.07) is 13.4. The highest BCUT2D eigenvalue weighted by Gasteiger charge is 2.22. The van der Waals surface area contributed by atoms with Crippen LogP contribution in [0.1, 0.15) is 45.6 Å². The van der Waals surface area contributed by atoms with Crippen molar-refractivity contribution in [1.82, 2.24) is 20.3 Å². The molecule has 0 aliphatic rings. The van der Waals surface area contributed by atoms with Gasteiger partial charge < -0.3 is 26.1 Å². The summed E-state index contributed by atoms with van der Waals surface area (Å²) in [5.41, 5.74) is 10.2. The van der Waals surface area contributed by atoms with Crippen molar-refractivity contribution in [3.63, 3.8) is 0 Å². The zero-order valence-electron chi connectivity index (χ0n) is 17.9. The molecular formula is C24H27N5O3. The molecular weight excluding hydrogens is 406 g/mol. The number of benzene rings is 2. The van der Waals surface area contributed by atoms with Crippen LogP contribution < -0.4 is 16.7 Å². The number of hydrogen-bond acceptors (Lipinski definition) is 4. The van der Waals surface area contributed by atoms with Gasteiger partial charge in [-0.15, -0.1) is 0 Å². The van der Waals surface area contributed by atoms with Crippen molar-refractivity contribution >= 4 is 16.8 Å². The summed E-state index contributed by atoms with van der Waals surface area (Å²) < 4.78 is 0. The van der Waals surface area contributed by atoms with E-state index in [9.17, 15) is 14.7 Å². The Labute approximate surface area is 184 Å². The first-order valence-corrected chi connectivity index (χ1v) is 10.7. The van der Waals surface area contributed by atoms with Crippen LogP contribution in [0.3, 0.4) is 0 Å². The van der Waals surface area contributed by atoms with E-state index in [1.165, 1.54) is 0 Å². The van der Waals surface area contributed by atoms with Gasteiger partial charge in [0.05, 0.1) is 5.69 Å². The van der Waals surface area contributed by atoms with Crippen LogP contribution in [-0.4, -0.2) is 39.1 Å². The lowest BCUT2D eigenvalue weighted by atomic mass is 9.88. The van der Waals surface area contributed by atoms with Crippen molar-refractivity contribution in [2.75, 3.05) is 13.1 Å². The third-order valence-corrected chi connectivity index (χ3v) is 5.66. The van der Waals surface area contributed by atoms with E-state index >= 15 is 0 Å². The van der Waals surface area contributed by atoms with Crippen LogP contribution in [0.2, 0.25) is 0 Å². The molecule has 0 radical (unpaired) electrons. The number of aromatic nitrogens is 3. The molecule has 0 fully saturated rings. The zero-order chi connectivity index (χ0) is 22.7. The Hall–Kier alpha value is -3.78. The van der Waals surface area contributed by atoms with E-state index in [0.29, 0.717) is 30.8 Å². The maximum Gasteiger partial charge on any atom is 0.325 e. The Bertz CT molecular complexity index is 1300. The van der Waals surface area contributed by atoms with Gasteiger partial charge >= 0.3 is 5.69 Å². The second kappa shape index (κ2) is 9.15. The van der Waals surface area contributed by atoms with Crippen LogP contribution in [-0.2, 0) is 12.8 Å². The summed E-state index contributed by atoms with van der Waals surface area (Å²) in [6.45, 7) is 2.96. The second-order valence-electron chi connectivity index (χ2n) is 7.82. The van der Waals surface area contributed by atoms with Crippen molar-refractivity contribution < 1.29 is 9.90 Å². The van der Waals surface area contributed by atoms with E-state index < -0.39 is 5.69 Å². The van der Waals surface area contributed by atoms with E-state index in [-0.39, 0.29) is 17.7 Å². The van der Waals surface area contributed by atoms with E-state index in [1.54, 1.807) is 6.07 Å². The van der Waals surface area contributed by atoms with Gasteiger partial charge in [-0.3, -0.25) is 9.78 Å². The van der Waals surface area contributed by atoms with Crippen molar-refractivity contribution in [1.29, 1.82) is 0 Å². The van der Waals surface area contributed by atoms with Crippen LogP contribution in [0.5, 0.6) is 5.88 Å². The smallest absolute Gasteiger partial charge is 0.325 e. The average Bonchev–Trinajstić information content (AvgIpc) is 3.34. The monoisotopic (exact) mass is 433 g/mol. The normalized spacial score (nSPS) is 12.2. The summed E-state index contributed by atoms with van der Waals surface area (Å²) in [6.07, 6.45) is 3.19. The molecule has 0 aliphatic carbocycles. The van der Waals surface area contributed by atoms with Crippen molar-refractivity contribution in [2.24, 2.45) is 5.73 Å². The van der Waals surface area contributed by atoms with Gasteiger partial charge in [-0.05, 0) is 67.3 Å². The molecule has 166 valence electrons. The predicted octanol–water partition coefficient (Wildman–Crippen LogP) is 2.52. The topological polar surface area (TPSA) is 140 Å². The fourth-order valence-corrected chi connectivity index (χ4v) is 4.14. The molecule has 1 amide bonds. The van der Waals surface area contributed by atoms with Crippen LogP contribution in [0, 0.1) is 0 Å². The molecule has 8 heteroatoms. The Kier molecular flexibility index (Phi) is 6.13. The standard InChI is InChI=1S/C24H27N5O3/c1-2-26-22(30)16-5-3-4-14(10-16)11-19(21-23(31)29-24(32)28-21)15-6-7-20-18(12-15)17(8-9-25)13-27-20/h3-7,10,12-13,19,27,31H,2,8-9,11,25H2,1H3,(H,26,30)(H2,28,29,32). The summed E-state index contributed by atoms with van der Waals surface area (Å²) in [5, 5.41) is 14.3. The number of rotatable bonds is 8. The second-order valence-corrected chi connectivity index (χ2v) is 7.82. The van der Waals surface area contributed by atoms with Crippen LogP contribution in [0.15, 0.2) is 53.5 Å². The number of hydrogen-bond donors (Lipinski definition) is 6. The Morgan fingerprint density at radius 3 is 2.75 bits per heavy atom. The van der Waals surface area contributed by atoms with Gasteiger partial charge in [0.2, 0.25) is 5.88 Å². The summed E-state index contributed by atoms with van der Waals surface area (Å²) in [7, 11) is 0. The fraction of sp³-hybridized carbons (Fsp3) is 0.250. The van der Waals surface area contributed by atoms with Gasteiger partial charge in [0.1, 0.15) is 0 Å². The minimum absolute atomic E-state index is 0.135. The number of aromatic amines is 3. The third-order valence-electron chi connectivity index (χ3n) is 5.66. The first kappa shape index (κ1) is 21.5. The van der Waals surface area contributed by atoms with Crippen LogP contribution in [0.4, 0.5) is 0 Å². The van der Waals surface area contributed by atoms with Gasteiger partial charge in [0.15, 0.2) is 0 Å². The molecule has 1 unspecified atom stereocenters. The lowest BCUT2D eigenvalue weighted by Gasteiger charge is -2.18. The molecule has 2 heterocycles. The predicted molar refractivity (Wildman–Crippen MR) is 124 cm³/mol. The highest BCUT2D eigenvalue weighted by Crippen LogP contribution is 2.33. The highest BCUT2D eigenvalue weighted by atomic mass is 16.3. The number of fused-ring (bicyclic) bond motifs is 1. The number of carbonyl (C=O) groups excluding carboxylic acids is 1. The SMILES string of the molecule is CCNC(=O)c1cccc(CC(c2ccc3[nH]cc(CCN)c3c2)c2[nH]c(=O)[nH]c2O)c1. The van der Waals surface area contributed by atoms with Gasteiger partial charge in [-0.25, -0.2) is 4.79 Å². The molecule has 32 heavy (non-hydrogen) atoms. The van der Waals surface area contributed by atoms with Crippen LogP contribution >= 0.6 is 0 Å². The Balaban J connectivity index is 1.77. The largest absolute Gasteiger partial charge is 0.493 e. The maximum absolute atomic E-state index is 12.3. The number of nitrogens with two attached hydrogens (primary N) is 1. The molecule has 2 aromatic heterocycles. The minimum atomic E-state index is -0.467. The first-order valence-electron chi connectivity index (χ1n) is 10.7. The summed E-state index contributed by atoms with van der Waals surface area (Å²) in [4.78, 5) is 32.6. The number of carbonyl (C=O) groups is 1. The molecule has 0 bridgehead atoms. The van der Waals surface area contributed by atoms with E-state index in [1.807, 2.05) is 43.5 Å². The molecule has 7 N–H and O–H groups in total. The summed E-state index contributed by atoms with van der Waals surface area (Å²) >= 11 is 0. The molecule has 2 aromatic carbocycles. The third kappa shape index (κ3) is 4.31. The Morgan fingerprint density at radius 1 is 1.19 bits per heavy atom. The molecule has 0 saturated heterocycles. The van der Waals surface area contributed by atoms with Crippen molar-refractivity contribution in [3.8, 4) is 5.88 Å². The number of nitrogens with one attached hydrogen (secondary N) is 4. The van der Waals surface area contributed by atoms with Gasteiger partial charge in [-0.1, -0.05) is 18.2 Å². The number of amides is 1. The lowest BCUT2D eigenvalue weighted by Crippen LogP contribution is -2.22.